The first-order valence-electron chi connectivity index (χ1n) is 9.12. The molecule has 9 heteroatoms. The number of hydrogen-bond acceptors (Lipinski definition) is 5. The second kappa shape index (κ2) is 9.13. The summed E-state index contributed by atoms with van der Waals surface area (Å²) < 4.78 is 18.2. The minimum atomic E-state index is -0.755. The van der Waals surface area contributed by atoms with Crippen LogP contribution in [0.25, 0.3) is 0 Å². The number of anilines is 1. The summed E-state index contributed by atoms with van der Waals surface area (Å²) in [6.45, 7) is 0.147. The van der Waals surface area contributed by atoms with Gasteiger partial charge in [-0.3, -0.25) is 14.5 Å². The highest BCUT2D eigenvalue weighted by atomic mass is 19.1. The van der Waals surface area contributed by atoms with E-state index in [1.807, 2.05) is 0 Å². The van der Waals surface area contributed by atoms with Gasteiger partial charge in [0.05, 0.1) is 19.0 Å². The van der Waals surface area contributed by atoms with Gasteiger partial charge in [-0.1, -0.05) is 12.1 Å². The molecule has 1 aromatic carbocycles. The van der Waals surface area contributed by atoms with Crippen LogP contribution in [0.5, 0.6) is 5.88 Å². The molecule has 0 aliphatic carbocycles. The first-order valence-corrected chi connectivity index (χ1v) is 9.12. The molecule has 1 aliphatic rings. The largest absolute Gasteiger partial charge is 0.481 e. The maximum atomic E-state index is 13.2. The fourth-order valence-corrected chi connectivity index (χ4v) is 2.99. The fourth-order valence-electron chi connectivity index (χ4n) is 2.99. The van der Waals surface area contributed by atoms with E-state index in [4.69, 9.17) is 4.74 Å². The lowest BCUT2D eigenvalue weighted by atomic mass is 10.1. The molecule has 0 saturated carbocycles. The van der Waals surface area contributed by atoms with Gasteiger partial charge in [-0.15, -0.1) is 0 Å². The predicted octanol–water partition coefficient (Wildman–Crippen LogP) is 2.11. The van der Waals surface area contributed by atoms with Gasteiger partial charge < -0.3 is 15.4 Å². The molecule has 1 fully saturated rings. The number of ether oxygens (including phenoxy) is 1. The van der Waals surface area contributed by atoms with E-state index < -0.39 is 12.1 Å². The fraction of sp³-hybridized carbons (Fsp3) is 0.300. The number of carbonyl (C=O) groups excluding carboxylic acids is 3. The van der Waals surface area contributed by atoms with E-state index in [2.05, 4.69) is 15.6 Å². The molecule has 1 aromatic heterocycles. The van der Waals surface area contributed by atoms with Gasteiger partial charge >= 0.3 is 6.03 Å². The number of halogens is 1. The van der Waals surface area contributed by atoms with Crippen molar-refractivity contribution < 1.29 is 23.5 Å². The number of aromatic nitrogens is 1. The third-order valence-corrected chi connectivity index (χ3v) is 4.51. The number of carbonyl (C=O) groups is 3. The van der Waals surface area contributed by atoms with Crippen LogP contribution in [0.3, 0.4) is 0 Å². The maximum absolute atomic E-state index is 13.2. The van der Waals surface area contributed by atoms with Crippen LogP contribution < -0.4 is 15.4 Å². The number of pyridine rings is 1. The van der Waals surface area contributed by atoms with Crippen molar-refractivity contribution in [3.8, 4) is 5.88 Å². The van der Waals surface area contributed by atoms with Gasteiger partial charge in [0.1, 0.15) is 11.9 Å². The van der Waals surface area contributed by atoms with Crippen LogP contribution in [0.15, 0.2) is 42.6 Å². The Kier molecular flexibility index (Phi) is 6.38. The van der Waals surface area contributed by atoms with E-state index in [0.717, 1.165) is 4.90 Å². The van der Waals surface area contributed by atoms with Crippen LogP contribution in [0.4, 0.5) is 14.9 Å². The average Bonchev–Trinajstić information content (AvgIpc) is 2.98. The summed E-state index contributed by atoms with van der Waals surface area (Å²) in [5, 5.41) is 5.27. The van der Waals surface area contributed by atoms with Crippen molar-refractivity contribution in [2.24, 2.45) is 0 Å². The summed E-state index contributed by atoms with van der Waals surface area (Å²) in [7, 11) is 1.49. The minimum absolute atomic E-state index is 0.0560. The number of nitrogens with one attached hydrogen (secondary N) is 2. The number of imide groups is 1. The van der Waals surface area contributed by atoms with Crippen molar-refractivity contribution in [1.29, 1.82) is 0 Å². The molecule has 152 valence electrons. The van der Waals surface area contributed by atoms with Crippen LogP contribution in [0, 0.1) is 5.82 Å². The number of nitrogens with zero attached hydrogens (tertiary/aromatic N) is 2. The molecule has 2 N–H and O–H groups in total. The Morgan fingerprint density at radius 1 is 1.31 bits per heavy atom. The van der Waals surface area contributed by atoms with Gasteiger partial charge in [-0.2, -0.15) is 0 Å². The van der Waals surface area contributed by atoms with Gasteiger partial charge in [0.2, 0.25) is 11.8 Å². The van der Waals surface area contributed by atoms with Crippen molar-refractivity contribution >= 4 is 23.5 Å². The van der Waals surface area contributed by atoms with E-state index in [1.54, 1.807) is 24.3 Å². The topological polar surface area (TPSA) is 101 Å². The average molecular weight is 400 g/mol. The minimum Gasteiger partial charge on any atom is -0.481 e. The molecule has 2 aromatic rings. The van der Waals surface area contributed by atoms with E-state index in [0.29, 0.717) is 23.6 Å². The molecule has 0 spiro atoms. The van der Waals surface area contributed by atoms with Gasteiger partial charge in [-0.05, 0) is 36.6 Å². The van der Waals surface area contributed by atoms with Crippen molar-refractivity contribution in [2.45, 2.75) is 25.3 Å². The predicted molar refractivity (Wildman–Crippen MR) is 103 cm³/mol. The summed E-state index contributed by atoms with van der Waals surface area (Å²) in [5.41, 5.74) is 1.20. The molecule has 1 atom stereocenters. The Hall–Kier alpha value is -3.49. The number of amides is 4. The van der Waals surface area contributed by atoms with Gasteiger partial charge in [0, 0.05) is 19.0 Å². The molecule has 0 radical (unpaired) electrons. The third kappa shape index (κ3) is 5.28. The maximum Gasteiger partial charge on any atom is 0.324 e. The Balaban J connectivity index is 1.48. The van der Waals surface area contributed by atoms with Gasteiger partial charge in [0.25, 0.3) is 5.91 Å². The molecule has 1 aliphatic heterocycles. The Labute approximate surface area is 167 Å². The second-order valence-electron chi connectivity index (χ2n) is 6.55. The molecule has 2 heterocycles. The molecular formula is C20H21FN4O4. The van der Waals surface area contributed by atoms with Crippen LogP contribution >= 0.6 is 0 Å². The van der Waals surface area contributed by atoms with Crippen molar-refractivity contribution in [1.82, 2.24) is 15.2 Å². The molecule has 3 rings (SSSR count). The first-order chi connectivity index (χ1) is 14.0. The summed E-state index contributed by atoms with van der Waals surface area (Å²) in [4.78, 5) is 41.7. The highest BCUT2D eigenvalue weighted by molar-refractivity contribution is 6.04. The standard InChI is InChI=1S/C20H21FN4O4/c1-29-18-8-5-15(12-22-18)23-17(26)7-6-16-19(27)25(20(28)24-16)10-9-13-3-2-4-14(21)11-13/h2-5,8,11-12,16H,6-7,9-10H2,1H3,(H,23,26)(H,24,28)/t16-/m1/s1. The second-order valence-corrected chi connectivity index (χ2v) is 6.55. The number of hydrogen-bond donors (Lipinski definition) is 2. The number of benzene rings is 1. The van der Waals surface area contributed by atoms with E-state index >= 15 is 0 Å². The first kappa shape index (κ1) is 20.2. The lowest BCUT2D eigenvalue weighted by Crippen LogP contribution is -2.33. The zero-order valence-electron chi connectivity index (χ0n) is 15.9. The van der Waals surface area contributed by atoms with Crippen LogP contribution in [-0.4, -0.2) is 47.4 Å². The summed E-state index contributed by atoms with van der Waals surface area (Å²) in [5.74, 6) is -0.612. The Morgan fingerprint density at radius 2 is 2.14 bits per heavy atom. The molecule has 0 unspecified atom stereocenters. The van der Waals surface area contributed by atoms with Crippen LogP contribution in [0.2, 0.25) is 0 Å². The van der Waals surface area contributed by atoms with E-state index in [9.17, 15) is 18.8 Å². The van der Waals surface area contributed by atoms with E-state index in [-0.39, 0.29) is 37.0 Å². The zero-order chi connectivity index (χ0) is 20.8. The van der Waals surface area contributed by atoms with Crippen molar-refractivity contribution in [2.75, 3.05) is 19.0 Å². The quantitative estimate of drug-likeness (QED) is 0.661. The normalized spacial score (nSPS) is 15.9. The lowest BCUT2D eigenvalue weighted by Gasteiger charge is -2.13. The zero-order valence-corrected chi connectivity index (χ0v) is 15.9. The SMILES string of the molecule is COc1ccc(NC(=O)CC[C@H]2NC(=O)N(CCc3cccc(F)c3)C2=O)cn1. The molecule has 1 saturated heterocycles. The van der Waals surface area contributed by atoms with Crippen LogP contribution in [0.1, 0.15) is 18.4 Å². The Bertz CT molecular complexity index is 904. The monoisotopic (exact) mass is 400 g/mol. The third-order valence-electron chi connectivity index (χ3n) is 4.51. The molecule has 29 heavy (non-hydrogen) atoms. The highest BCUT2D eigenvalue weighted by Crippen LogP contribution is 2.15. The summed E-state index contributed by atoms with van der Waals surface area (Å²) in [6.07, 6.45) is 2.05. The van der Waals surface area contributed by atoms with E-state index in [1.165, 1.54) is 25.4 Å². The van der Waals surface area contributed by atoms with Crippen molar-refractivity contribution in [3.05, 3.63) is 54.0 Å². The van der Waals surface area contributed by atoms with Crippen molar-refractivity contribution in [3.63, 3.8) is 0 Å². The van der Waals surface area contributed by atoms with Gasteiger partial charge in [-0.25, -0.2) is 14.2 Å². The van der Waals surface area contributed by atoms with Gasteiger partial charge in [0.15, 0.2) is 0 Å². The molecule has 8 nitrogen and oxygen atoms in total. The summed E-state index contributed by atoms with van der Waals surface area (Å²) in [6, 6.07) is 8.03. The van der Waals surface area contributed by atoms with Crippen LogP contribution in [-0.2, 0) is 16.0 Å². The molecular weight excluding hydrogens is 379 g/mol. The summed E-state index contributed by atoms with van der Waals surface area (Å²) >= 11 is 0. The number of rotatable bonds is 8. The number of methoxy groups -OCH3 is 1. The Morgan fingerprint density at radius 3 is 2.83 bits per heavy atom. The lowest BCUT2D eigenvalue weighted by molar-refractivity contribution is -0.127. The molecule has 0 bridgehead atoms. The smallest absolute Gasteiger partial charge is 0.324 e. The highest BCUT2D eigenvalue weighted by Gasteiger charge is 2.37. The number of urea groups is 1. The molecule has 4 amide bonds.